The molecule has 1 heterocycles. The molecule has 1 aromatic heterocycles. The zero-order valence-electron chi connectivity index (χ0n) is 14.1. The maximum atomic E-state index is 5.91. The van der Waals surface area contributed by atoms with Crippen LogP contribution in [-0.4, -0.2) is 11.0 Å². The highest BCUT2D eigenvalue weighted by Crippen LogP contribution is 2.25. The SMILES string of the molecule is C=CC(Nc1ncc(C)cc1N)C(C)(C)C.CC(C)C. The van der Waals surface area contributed by atoms with Crippen molar-refractivity contribution in [3.63, 3.8) is 0 Å². The molecule has 0 aliphatic carbocycles. The highest BCUT2D eigenvalue weighted by atomic mass is 15.0. The van der Waals surface area contributed by atoms with E-state index in [4.69, 9.17) is 5.73 Å². The molecule has 0 saturated carbocycles. The predicted molar refractivity (Wildman–Crippen MR) is 91.0 cm³/mol. The van der Waals surface area contributed by atoms with Crippen LogP contribution in [-0.2, 0) is 0 Å². The lowest BCUT2D eigenvalue weighted by molar-refractivity contribution is 0.384. The van der Waals surface area contributed by atoms with Gasteiger partial charge in [-0.3, -0.25) is 0 Å². The Kier molecular flexibility index (Phi) is 7.33. The van der Waals surface area contributed by atoms with Gasteiger partial charge in [-0.1, -0.05) is 47.6 Å². The Morgan fingerprint density at radius 2 is 1.80 bits per heavy atom. The van der Waals surface area contributed by atoms with Gasteiger partial charge in [0.15, 0.2) is 0 Å². The summed E-state index contributed by atoms with van der Waals surface area (Å²) in [7, 11) is 0. The Balaban J connectivity index is 0.000000796. The largest absolute Gasteiger partial charge is 0.396 e. The first-order valence-corrected chi connectivity index (χ1v) is 7.19. The van der Waals surface area contributed by atoms with E-state index in [0.29, 0.717) is 5.69 Å². The van der Waals surface area contributed by atoms with E-state index in [1.807, 2.05) is 25.3 Å². The number of nitrogens with one attached hydrogen (secondary N) is 1. The van der Waals surface area contributed by atoms with Crippen molar-refractivity contribution in [1.82, 2.24) is 4.98 Å². The van der Waals surface area contributed by atoms with Gasteiger partial charge in [-0.05, 0) is 29.9 Å². The van der Waals surface area contributed by atoms with Crippen molar-refractivity contribution in [2.24, 2.45) is 11.3 Å². The van der Waals surface area contributed by atoms with Gasteiger partial charge < -0.3 is 11.1 Å². The Morgan fingerprint density at radius 1 is 1.30 bits per heavy atom. The monoisotopic (exact) mass is 277 g/mol. The number of aromatic nitrogens is 1. The van der Waals surface area contributed by atoms with Crippen LogP contribution in [0, 0.1) is 18.3 Å². The standard InChI is InChI=1S/C13H21N3.C4H10/c1-6-11(13(3,4)5)16-12-10(14)7-9(2)8-15-12;1-4(2)3/h6-8,11H,1,14H2,2-5H3,(H,15,16);4H,1-3H3. The van der Waals surface area contributed by atoms with E-state index < -0.39 is 0 Å². The number of pyridine rings is 1. The molecule has 3 heteroatoms. The molecule has 0 spiro atoms. The van der Waals surface area contributed by atoms with E-state index >= 15 is 0 Å². The van der Waals surface area contributed by atoms with Gasteiger partial charge in [0, 0.05) is 6.20 Å². The van der Waals surface area contributed by atoms with Gasteiger partial charge in [0.25, 0.3) is 0 Å². The van der Waals surface area contributed by atoms with Gasteiger partial charge in [0.2, 0.25) is 0 Å². The number of nitrogen functional groups attached to an aromatic ring is 1. The zero-order valence-corrected chi connectivity index (χ0v) is 14.1. The Labute approximate surface area is 124 Å². The summed E-state index contributed by atoms with van der Waals surface area (Å²) in [5.74, 6) is 1.56. The maximum absolute atomic E-state index is 5.91. The van der Waals surface area contributed by atoms with E-state index in [1.165, 1.54) is 0 Å². The smallest absolute Gasteiger partial charge is 0.149 e. The summed E-state index contributed by atoms with van der Waals surface area (Å²) in [6.45, 7) is 18.8. The molecule has 0 radical (unpaired) electrons. The van der Waals surface area contributed by atoms with Crippen molar-refractivity contribution in [2.45, 2.75) is 54.5 Å². The molecular weight excluding hydrogens is 246 g/mol. The van der Waals surface area contributed by atoms with Gasteiger partial charge in [0.1, 0.15) is 5.82 Å². The highest BCUT2D eigenvalue weighted by molar-refractivity contribution is 5.62. The molecule has 3 nitrogen and oxygen atoms in total. The minimum Gasteiger partial charge on any atom is -0.396 e. The number of hydrogen-bond acceptors (Lipinski definition) is 3. The van der Waals surface area contributed by atoms with Crippen LogP contribution in [0.3, 0.4) is 0 Å². The van der Waals surface area contributed by atoms with Crippen LogP contribution in [0.25, 0.3) is 0 Å². The molecule has 1 atom stereocenters. The average Bonchev–Trinajstić information content (AvgIpc) is 2.25. The van der Waals surface area contributed by atoms with Crippen molar-refractivity contribution >= 4 is 11.5 Å². The Bertz CT molecular complexity index is 414. The first kappa shape index (κ1) is 18.5. The summed E-state index contributed by atoms with van der Waals surface area (Å²) >= 11 is 0. The van der Waals surface area contributed by atoms with E-state index in [9.17, 15) is 0 Å². The molecule has 0 amide bonds. The van der Waals surface area contributed by atoms with E-state index in [2.05, 4.69) is 58.4 Å². The predicted octanol–water partition coefficient (Wildman–Crippen LogP) is 4.65. The lowest BCUT2D eigenvalue weighted by Gasteiger charge is -2.29. The van der Waals surface area contributed by atoms with Crippen molar-refractivity contribution in [1.29, 1.82) is 0 Å². The summed E-state index contributed by atoms with van der Waals surface area (Å²) in [5.41, 5.74) is 7.73. The third kappa shape index (κ3) is 7.17. The van der Waals surface area contributed by atoms with Gasteiger partial charge in [-0.25, -0.2) is 4.98 Å². The molecule has 0 aliphatic heterocycles. The van der Waals surface area contributed by atoms with Gasteiger partial charge in [-0.2, -0.15) is 0 Å². The zero-order chi connectivity index (χ0) is 15.9. The van der Waals surface area contributed by atoms with Gasteiger partial charge in [-0.15, -0.1) is 6.58 Å². The molecule has 0 aliphatic rings. The van der Waals surface area contributed by atoms with Crippen LogP contribution in [0.15, 0.2) is 24.9 Å². The maximum Gasteiger partial charge on any atom is 0.149 e. The van der Waals surface area contributed by atoms with Crippen LogP contribution in [0.2, 0.25) is 0 Å². The molecular formula is C17H31N3. The fourth-order valence-corrected chi connectivity index (χ4v) is 1.49. The fraction of sp³-hybridized carbons (Fsp3) is 0.588. The summed E-state index contributed by atoms with van der Waals surface area (Å²) in [4.78, 5) is 4.30. The minimum absolute atomic E-state index is 0.0841. The first-order chi connectivity index (χ1) is 9.07. The molecule has 114 valence electrons. The van der Waals surface area contributed by atoms with Crippen molar-refractivity contribution in [3.05, 3.63) is 30.5 Å². The van der Waals surface area contributed by atoms with Gasteiger partial charge in [0.05, 0.1) is 11.7 Å². The summed E-state index contributed by atoms with van der Waals surface area (Å²) in [5, 5.41) is 3.31. The van der Waals surface area contributed by atoms with Crippen molar-refractivity contribution in [2.75, 3.05) is 11.1 Å². The number of hydrogen-bond donors (Lipinski definition) is 2. The van der Waals surface area contributed by atoms with Crippen molar-refractivity contribution < 1.29 is 0 Å². The molecule has 1 aromatic rings. The number of rotatable bonds is 3. The number of nitrogens with zero attached hydrogens (tertiary/aromatic N) is 1. The Morgan fingerprint density at radius 3 is 2.15 bits per heavy atom. The second kappa shape index (κ2) is 7.93. The summed E-state index contributed by atoms with van der Waals surface area (Å²) in [6, 6.07) is 2.06. The molecule has 0 bridgehead atoms. The normalized spacial score (nSPS) is 12.4. The lowest BCUT2D eigenvalue weighted by atomic mass is 9.87. The highest BCUT2D eigenvalue weighted by Gasteiger charge is 2.22. The van der Waals surface area contributed by atoms with E-state index in [-0.39, 0.29) is 11.5 Å². The molecule has 3 N–H and O–H groups in total. The van der Waals surface area contributed by atoms with Crippen molar-refractivity contribution in [3.8, 4) is 0 Å². The second-order valence-corrected chi connectivity index (χ2v) is 6.91. The summed E-state index contributed by atoms with van der Waals surface area (Å²) < 4.78 is 0. The van der Waals surface area contributed by atoms with Gasteiger partial charge >= 0.3 is 0 Å². The van der Waals surface area contributed by atoms with Crippen LogP contribution in [0.1, 0.15) is 47.1 Å². The fourth-order valence-electron chi connectivity index (χ4n) is 1.49. The Hall–Kier alpha value is -1.51. The third-order valence-corrected chi connectivity index (χ3v) is 2.51. The molecule has 1 rings (SSSR count). The lowest BCUT2D eigenvalue weighted by Crippen LogP contribution is -2.32. The quantitative estimate of drug-likeness (QED) is 0.791. The van der Waals surface area contributed by atoms with Crippen LogP contribution >= 0.6 is 0 Å². The molecule has 0 fully saturated rings. The van der Waals surface area contributed by atoms with Crippen LogP contribution in [0.4, 0.5) is 11.5 Å². The topological polar surface area (TPSA) is 50.9 Å². The third-order valence-electron chi connectivity index (χ3n) is 2.51. The van der Waals surface area contributed by atoms with E-state index in [1.54, 1.807) is 0 Å². The average molecular weight is 277 g/mol. The summed E-state index contributed by atoms with van der Waals surface area (Å²) in [6.07, 6.45) is 3.70. The molecule has 0 aromatic carbocycles. The minimum atomic E-state index is 0.0841. The van der Waals surface area contributed by atoms with Crippen LogP contribution in [0.5, 0.6) is 0 Å². The number of nitrogens with two attached hydrogens (primary N) is 1. The van der Waals surface area contributed by atoms with Crippen LogP contribution < -0.4 is 11.1 Å². The number of anilines is 2. The first-order valence-electron chi connectivity index (χ1n) is 7.19. The second-order valence-electron chi connectivity index (χ2n) is 6.91. The molecule has 0 saturated heterocycles. The number of aryl methyl sites for hydroxylation is 1. The molecule has 20 heavy (non-hydrogen) atoms. The van der Waals surface area contributed by atoms with E-state index in [0.717, 1.165) is 17.3 Å². The molecule has 1 unspecified atom stereocenters.